The molecule has 9 nitrogen and oxygen atoms in total. The van der Waals surface area contributed by atoms with Crippen molar-refractivity contribution in [2.75, 3.05) is 0 Å². The van der Waals surface area contributed by atoms with Crippen molar-refractivity contribution in [1.29, 1.82) is 10.5 Å². The monoisotopic (exact) mass is 743 g/mol. The number of nitro benzene ring substituents is 1. The zero-order valence-electron chi connectivity index (χ0n) is 27.3. The molecule has 2 aromatic heterocycles. The van der Waals surface area contributed by atoms with E-state index in [-0.39, 0.29) is 16.8 Å². The van der Waals surface area contributed by atoms with Gasteiger partial charge in [0.15, 0.2) is 0 Å². The maximum absolute atomic E-state index is 13.4. The van der Waals surface area contributed by atoms with Gasteiger partial charge in [-0.1, -0.05) is 84.9 Å². The average molecular weight is 745 g/mol. The molecule has 10 heteroatoms. The lowest BCUT2D eigenvalue weighted by molar-refractivity contribution is -0.384. The molecule has 250 valence electrons. The predicted octanol–water partition coefficient (Wildman–Crippen LogP) is 9.09. The first-order valence-corrected chi connectivity index (χ1v) is 16.6. The topological polar surface area (TPSA) is 135 Å². The highest BCUT2D eigenvalue weighted by Crippen LogP contribution is 2.32. The Morgan fingerprint density at radius 1 is 0.538 bits per heavy atom. The van der Waals surface area contributed by atoms with Crippen LogP contribution in [0.1, 0.15) is 11.1 Å². The van der Waals surface area contributed by atoms with Crippen LogP contribution in [0.5, 0.6) is 0 Å². The average Bonchev–Trinajstić information content (AvgIpc) is 3.19. The molecule has 0 unspecified atom stereocenters. The van der Waals surface area contributed by atoms with E-state index in [1.54, 1.807) is 102 Å². The van der Waals surface area contributed by atoms with E-state index in [0.29, 0.717) is 50.2 Å². The number of nitro groups is 1. The van der Waals surface area contributed by atoms with Gasteiger partial charge in [0.2, 0.25) is 0 Å². The molecule has 5 aromatic carbocycles. The summed E-state index contributed by atoms with van der Waals surface area (Å²) in [5.74, 6) is 0. The molecule has 0 saturated heterocycles. The summed E-state index contributed by atoms with van der Waals surface area (Å²) in [6.07, 6.45) is 3.33. The van der Waals surface area contributed by atoms with Crippen molar-refractivity contribution < 1.29 is 4.92 Å². The Labute approximate surface area is 306 Å². The van der Waals surface area contributed by atoms with E-state index >= 15 is 0 Å². The molecule has 0 radical (unpaired) electrons. The number of hydrogen-bond acceptors (Lipinski definition) is 6. The Hall–Kier alpha value is -7.14. The molecule has 0 aliphatic heterocycles. The summed E-state index contributed by atoms with van der Waals surface area (Å²) in [5.41, 5.74) is 4.53. The van der Waals surface area contributed by atoms with Crippen LogP contribution in [-0.4, -0.2) is 14.1 Å². The first-order chi connectivity index (χ1) is 25.3. The molecule has 2 heterocycles. The van der Waals surface area contributed by atoms with Gasteiger partial charge in [-0.3, -0.25) is 28.8 Å². The van der Waals surface area contributed by atoms with Crippen LogP contribution in [0, 0.1) is 32.8 Å². The highest BCUT2D eigenvalue weighted by atomic mass is 79.9. The fraction of sp³-hybridized carbons (Fsp3) is 0. The van der Waals surface area contributed by atoms with Gasteiger partial charge in [0.1, 0.15) is 0 Å². The lowest BCUT2D eigenvalue weighted by Crippen LogP contribution is -2.20. The summed E-state index contributed by atoms with van der Waals surface area (Å²) >= 11 is 3.45. The van der Waals surface area contributed by atoms with Crippen LogP contribution in [0.15, 0.2) is 172 Å². The minimum Gasteiger partial charge on any atom is -0.283 e. The molecular formula is C42H26BrN5O4. The quantitative estimate of drug-likeness (QED) is 0.123. The molecule has 7 aromatic rings. The maximum atomic E-state index is 13.4. The third-order valence-corrected chi connectivity index (χ3v) is 8.59. The number of nitrogens with zero attached hydrogens (tertiary/aromatic N) is 5. The lowest BCUT2D eigenvalue weighted by atomic mass is 9.97. The van der Waals surface area contributed by atoms with Crippen molar-refractivity contribution in [3.05, 3.63) is 204 Å². The van der Waals surface area contributed by atoms with Gasteiger partial charge in [-0.15, -0.1) is 0 Å². The van der Waals surface area contributed by atoms with Crippen LogP contribution in [0.25, 0.3) is 44.8 Å². The van der Waals surface area contributed by atoms with Crippen molar-refractivity contribution in [1.82, 2.24) is 9.13 Å². The van der Waals surface area contributed by atoms with E-state index in [2.05, 4.69) is 28.1 Å². The Morgan fingerprint density at radius 2 is 0.962 bits per heavy atom. The number of aromatic nitrogens is 2. The number of nitriles is 2. The van der Waals surface area contributed by atoms with Gasteiger partial charge in [0.25, 0.3) is 16.8 Å². The van der Waals surface area contributed by atoms with Gasteiger partial charge < -0.3 is 0 Å². The number of pyridine rings is 2. The molecule has 7 rings (SSSR count). The highest BCUT2D eigenvalue weighted by molar-refractivity contribution is 9.10. The van der Waals surface area contributed by atoms with Crippen LogP contribution in [0.2, 0.25) is 0 Å². The van der Waals surface area contributed by atoms with Crippen molar-refractivity contribution >= 4 is 21.6 Å². The van der Waals surface area contributed by atoms with Crippen molar-refractivity contribution in [3.63, 3.8) is 0 Å². The number of halogens is 1. The smallest absolute Gasteiger partial charge is 0.277 e. The molecule has 52 heavy (non-hydrogen) atoms. The summed E-state index contributed by atoms with van der Waals surface area (Å²) < 4.78 is 3.81. The molecule has 0 amide bonds. The number of hydrogen-bond donors (Lipinski definition) is 0. The summed E-state index contributed by atoms with van der Waals surface area (Å²) in [5, 5.41) is 30.3. The summed E-state index contributed by atoms with van der Waals surface area (Å²) in [4.78, 5) is 37.3. The fourth-order valence-corrected chi connectivity index (χ4v) is 6.17. The third-order valence-electron chi connectivity index (χ3n) is 8.16. The van der Waals surface area contributed by atoms with Crippen molar-refractivity contribution in [2.24, 2.45) is 0 Å². The molecule has 0 aliphatic rings. The van der Waals surface area contributed by atoms with E-state index in [0.717, 1.165) is 10.2 Å². The second-order valence-corrected chi connectivity index (χ2v) is 12.2. The third kappa shape index (κ3) is 7.24. The normalized spacial score (nSPS) is 10.3. The van der Waals surface area contributed by atoms with Crippen LogP contribution in [-0.2, 0) is 0 Å². The van der Waals surface area contributed by atoms with Crippen molar-refractivity contribution in [3.8, 4) is 56.9 Å². The van der Waals surface area contributed by atoms with E-state index in [1.165, 1.54) is 10.6 Å². The summed E-state index contributed by atoms with van der Waals surface area (Å²) in [7, 11) is 0. The highest BCUT2D eigenvalue weighted by Gasteiger charge is 2.19. The largest absolute Gasteiger partial charge is 0.283 e. The van der Waals surface area contributed by atoms with Crippen LogP contribution < -0.4 is 11.1 Å². The summed E-state index contributed by atoms with van der Waals surface area (Å²) in [6.45, 7) is 0. The van der Waals surface area contributed by atoms with Crippen LogP contribution in [0.3, 0.4) is 0 Å². The second kappa shape index (κ2) is 15.6. The number of para-hydroxylation sites is 3. The molecular weight excluding hydrogens is 718 g/mol. The Morgan fingerprint density at radius 3 is 1.46 bits per heavy atom. The molecule has 0 fully saturated rings. The van der Waals surface area contributed by atoms with Gasteiger partial charge in [0.05, 0.1) is 33.8 Å². The number of benzene rings is 5. The zero-order valence-corrected chi connectivity index (χ0v) is 28.8. The fourth-order valence-electron chi connectivity index (χ4n) is 5.73. The van der Waals surface area contributed by atoms with E-state index in [1.807, 2.05) is 54.6 Å². The van der Waals surface area contributed by atoms with Gasteiger partial charge >= 0.3 is 0 Å². The van der Waals surface area contributed by atoms with E-state index in [9.17, 15) is 30.2 Å². The molecule has 0 atom stereocenters. The van der Waals surface area contributed by atoms with Crippen molar-refractivity contribution in [2.45, 2.75) is 0 Å². The Balaban J connectivity index is 0.000000187. The first kappa shape index (κ1) is 34.7. The standard InChI is InChI=1S/C24H15N3O3.C18H11BrN2O/c25-15-17-8-4-5-11-20(17)22-14-18(21-12-6-7-13-23(21)27(29)30)16-26(24(22)28)19-9-2-1-3-10-19;19-14-10-17(16-9-5-4-6-13(16)11-20)18(22)21(12-14)15-7-2-1-3-8-15/h1-14,16H;1-10,12H. The van der Waals surface area contributed by atoms with Crippen LogP contribution in [0.4, 0.5) is 5.69 Å². The van der Waals surface area contributed by atoms with Gasteiger partial charge in [-0.25, -0.2) is 0 Å². The van der Waals surface area contributed by atoms with Crippen LogP contribution >= 0.6 is 15.9 Å². The van der Waals surface area contributed by atoms with E-state index < -0.39 is 4.92 Å². The molecule has 0 bridgehead atoms. The molecule has 0 aliphatic carbocycles. The Kier molecular flexibility index (Phi) is 10.4. The maximum Gasteiger partial charge on any atom is 0.277 e. The minimum atomic E-state index is -0.448. The Bertz CT molecular complexity index is 2640. The second-order valence-electron chi connectivity index (χ2n) is 11.3. The van der Waals surface area contributed by atoms with Gasteiger partial charge in [-0.2, -0.15) is 10.5 Å². The lowest BCUT2D eigenvalue weighted by Gasteiger charge is -2.13. The van der Waals surface area contributed by atoms with E-state index in [4.69, 9.17) is 0 Å². The minimum absolute atomic E-state index is 0.0599. The first-order valence-electron chi connectivity index (χ1n) is 15.8. The molecule has 0 N–H and O–H groups in total. The molecule has 0 spiro atoms. The predicted molar refractivity (Wildman–Crippen MR) is 204 cm³/mol. The summed E-state index contributed by atoms with van der Waals surface area (Å²) in [6, 6.07) is 46.3. The number of rotatable bonds is 6. The zero-order chi connectivity index (χ0) is 36.6. The molecule has 0 saturated carbocycles. The van der Waals surface area contributed by atoms with Gasteiger partial charge in [0, 0.05) is 62.1 Å². The SMILES string of the molecule is N#Cc1ccccc1-c1cc(-c2ccccc2[N+](=O)[O-])cn(-c2ccccc2)c1=O.N#Cc1ccccc1-c1cc(Br)cn(-c2ccccc2)c1=O. The van der Waals surface area contributed by atoms with Gasteiger partial charge in [-0.05, 0) is 70.5 Å².